The first-order chi connectivity index (χ1) is 9.40. The number of aromatic nitrogens is 2. The fraction of sp³-hybridized carbons (Fsp3) is 0. The summed E-state index contributed by atoms with van der Waals surface area (Å²) >= 11 is 6.05. The Bertz CT molecular complexity index is 661. The molecule has 0 unspecified atom stereocenters. The number of rotatable bonds is 3. The summed E-state index contributed by atoms with van der Waals surface area (Å²) in [7, 11) is 0. The van der Waals surface area contributed by atoms with Gasteiger partial charge in [-0.15, -0.1) is 0 Å². The highest BCUT2D eigenvalue weighted by atomic mass is 79.9. The Hall–Kier alpha value is -1.94. The molecule has 2 heterocycles. The van der Waals surface area contributed by atoms with E-state index in [4.69, 9.17) is 0 Å². The number of hydrogen-bond donors (Lipinski definition) is 0. The molecular weight excluding hydrogens is 400 g/mol. The molecule has 2 aromatic rings. The van der Waals surface area contributed by atoms with Crippen molar-refractivity contribution in [2.75, 3.05) is 0 Å². The number of hydrogen-bond acceptors (Lipinski definition) is 6. The molecule has 0 fully saturated rings. The second-order valence-corrected chi connectivity index (χ2v) is 5.19. The molecule has 10 heteroatoms. The molecule has 0 spiro atoms. The zero-order valence-corrected chi connectivity index (χ0v) is 12.7. The van der Waals surface area contributed by atoms with Gasteiger partial charge in [-0.05, 0) is 31.9 Å². The largest absolute Gasteiger partial charge is 0.281 e. The Labute approximate surface area is 128 Å². The summed E-state index contributed by atoms with van der Waals surface area (Å²) in [5, 5.41) is 22.1. The minimum absolute atomic E-state index is 0.0323. The van der Waals surface area contributed by atoms with E-state index in [1.54, 1.807) is 0 Å². The highest BCUT2D eigenvalue weighted by Crippen LogP contribution is 2.36. The third-order valence-corrected chi connectivity index (χ3v) is 3.25. The third kappa shape index (κ3) is 2.80. The van der Waals surface area contributed by atoms with E-state index in [-0.39, 0.29) is 31.7 Å². The molecule has 2 aromatic heterocycles. The lowest BCUT2D eigenvalue weighted by molar-refractivity contribution is -0.386. The van der Waals surface area contributed by atoms with Gasteiger partial charge in [0.15, 0.2) is 0 Å². The molecule has 0 saturated heterocycles. The highest BCUT2D eigenvalue weighted by molar-refractivity contribution is 9.10. The first kappa shape index (κ1) is 14.5. The van der Waals surface area contributed by atoms with Crippen molar-refractivity contribution in [2.24, 2.45) is 0 Å². The van der Waals surface area contributed by atoms with Crippen molar-refractivity contribution in [3.05, 3.63) is 54.0 Å². The molecule has 20 heavy (non-hydrogen) atoms. The van der Waals surface area contributed by atoms with Gasteiger partial charge >= 0.3 is 0 Å². The van der Waals surface area contributed by atoms with Gasteiger partial charge in [0.25, 0.3) is 11.4 Å². The van der Waals surface area contributed by atoms with Crippen LogP contribution in [0.1, 0.15) is 0 Å². The van der Waals surface area contributed by atoms with Gasteiger partial charge in [0, 0.05) is 24.5 Å². The van der Waals surface area contributed by atoms with Crippen LogP contribution in [0.3, 0.4) is 0 Å². The van der Waals surface area contributed by atoms with Crippen LogP contribution in [0.2, 0.25) is 0 Å². The number of halogens is 2. The SMILES string of the molecule is O=[N+]([O-])c1cc(Br)ncc1-c1cnc(Br)cc1[N+](=O)[O-]. The molecule has 8 nitrogen and oxygen atoms in total. The van der Waals surface area contributed by atoms with Gasteiger partial charge in [0.2, 0.25) is 0 Å². The van der Waals surface area contributed by atoms with Crippen LogP contribution < -0.4 is 0 Å². The zero-order valence-electron chi connectivity index (χ0n) is 9.49. The Balaban J connectivity index is 2.75. The van der Waals surface area contributed by atoms with Gasteiger partial charge in [-0.1, -0.05) is 0 Å². The molecule has 0 aliphatic heterocycles. The first-order valence-corrected chi connectivity index (χ1v) is 6.59. The quantitative estimate of drug-likeness (QED) is 0.440. The molecular formula is C10H4Br2N4O4. The average molecular weight is 404 g/mol. The van der Waals surface area contributed by atoms with Crippen molar-refractivity contribution < 1.29 is 9.85 Å². The average Bonchev–Trinajstić information content (AvgIpc) is 2.38. The molecule has 2 rings (SSSR count). The highest BCUT2D eigenvalue weighted by Gasteiger charge is 2.24. The van der Waals surface area contributed by atoms with Gasteiger partial charge < -0.3 is 0 Å². The molecule has 0 atom stereocenters. The predicted octanol–water partition coefficient (Wildman–Crippen LogP) is 3.49. The smallest absolute Gasteiger partial charge is 0.258 e. The lowest BCUT2D eigenvalue weighted by Gasteiger charge is -2.04. The van der Waals surface area contributed by atoms with E-state index in [0.29, 0.717) is 0 Å². The number of nitrogens with zero attached hydrogens (tertiary/aromatic N) is 4. The van der Waals surface area contributed by atoms with Crippen LogP contribution in [0, 0.1) is 20.2 Å². The number of nitro groups is 2. The maximum absolute atomic E-state index is 11.1. The third-order valence-electron chi connectivity index (χ3n) is 2.38. The monoisotopic (exact) mass is 402 g/mol. The van der Waals surface area contributed by atoms with Crippen LogP contribution in [0.25, 0.3) is 11.1 Å². The van der Waals surface area contributed by atoms with Crippen molar-refractivity contribution >= 4 is 43.2 Å². The Morgan fingerprint density at radius 2 is 1.20 bits per heavy atom. The van der Waals surface area contributed by atoms with Gasteiger partial charge in [-0.25, -0.2) is 9.97 Å². The van der Waals surface area contributed by atoms with E-state index >= 15 is 0 Å². The zero-order chi connectivity index (χ0) is 14.9. The Morgan fingerprint density at radius 3 is 1.50 bits per heavy atom. The Morgan fingerprint density at radius 1 is 0.850 bits per heavy atom. The van der Waals surface area contributed by atoms with E-state index in [1.807, 2.05) is 0 Å². The summed E-state index contributed by atoms with van der Waals surface area (Å²) in [6.45, 7) is 0. The van der Waals surface area contributed by atoms with Gasteiger partial charge in [0.1, 0.15) is 9.21 Å². The lowest BCUT2D eigenvalue weighted by atomic mass is 10.1. The van der Waals surface area contributed by atoms with E-state index in [1.165, 1.54) is 24.5 Å². The Kier molecular flexibility index (Phi) is 4.04. The van der Waals surface area contributed by atoms with Crippen LogP contribution in [-0.2, 0) is 0 Å². The van der Waals surface area contributed by atoms with Gasteiger partial charge in [-0.3, -0.25) is 20.2 Å². The van der Waals surface area contributed by atoms with E-state index in [0.717, 1.165) is 0 Å². The van der Waals surface area contributed by atoms with Crippen molar-refractivity contribution in [3.63, 3.8) is 0 Å². The molecule has 0 aromatic carbocycles. The van der Waals surface area contributed by atoms with Crippen molar-refractivity contribution in [1.29, 1.82) is 0 Å². The van der Waals surface area contributed by atoms with Crippen LogP contribution in [0.4, 0.5) is 11.4 Å². The van der Waals surface area contributed by atoms with Crippen molar-refractivity contribution in [3.8, 4) is 11.1 Å². The fourth-order valence-corrected chi connectivity index (χ4v) is 2.20. The van der Waals surface area contributed by atoms with E-state index < -0.39 is 9.85 Å². The van der Waals surface area contributed by atoms with Crippen molar-refractivity contribution in [2.45, 2.75) is 0 Å². The van der Waals surface area contributed by atoms with E-state index in [2.05, 4.69) is 41.8 Å². The molecule has 102 valence electrons. The summed E-state index contributed by atoms with van der Waals surface area (Å²) in [6.07, 6.45) is 2.39. The summed E-state index contributed by atoms with van der Waals surface area (Å²) in [4.78, 5) is 28.6. The molecule has 0 N–H and O–H groups in total. The molecule has 0 aliphatic rings. The van der Waals surface area contributed by atoms with E-state index in [9.17, 15) is 20.2 Å². The normalized spacial score (nSPS) is 10.3. The minimum atomic E-state index is -0.631. The summed E-state index contributed by atoms with van der Waals surface area (Å²) in [6, 6.07) is 2.36. The summed E-state index contributed by atoms with van der Waals surface area (Å²) < 4.78 is 0.529. The second-order valence-electron chi connectivity index (χ2n) is 3.56. The van der Waals surface area contributed by atoms with Crippen LogP contribution in [0.15, 0.2) is 33.7 Å². The molecule has 0 aliphatic carbocycles. The number of pyridine rings is 2. The predicted molar refractivity (Wildman–Crippen MR) is 76.2 cm³/mol. The standard InChI is InChI=1S/C10H4Br2N4O4/c11-9-1-7(15(17)18)5(3-13-9)6-4-14-10(12)2-8(6)16(19)20/h1-4H. The lowest BCUT2D eigenvalue weighted by Crippen LogP contribution is -1.98. The molecule has 0 saturated carbocycles. The van der Waals surface area contributed by atoms with Crippen LogP contribution in [0.5, 0.6) is 0 Å². The van der Waals surface area contributed by atoms with Gasteiger partial charge in [-0.2, -0.15) is 0 Å². The molecule has 0 bridgehead atoms. The maximum Gasteiger partial charge on any atom is 0.281 e. The van der Waals surface area contributed by atoms with Crippen LogP contribution in [-0.4, -0.2) is 19.8 Å². The summed E-state index contributed by atoms with van der Waals surface area (Å²) in [5.41, 5.74) is -0.520. The molecule has 0 amide bonds. The topological polar surface area (TPSA) is 112 Å². The van der Waals surface area contributed by atoms with Crippen LogP contribution >= 0.6 is 31.9 Å². The molecule has 0 radical (unpaired) electrons. The minimum Gasteiger partial charge on any atom is -0.258 e. The summed E-state index contributed by atoms with van der Waals surface area (Å²) in [5.74, 6) is 0. The maximum atomic E-state index is 11.1. The second kappa shape index (κ2) is 5.59. The van der Waals surface area contributed by atoms with Gasteiger partial charge in [0.05, 0.1) is 21.0 Å². The van der Waals surface area contributed by atoms with Crippen molar-refractivity contribution in [1.82, 2.24) is 9.97 Å². The fourth-order valence-electron chi connectivity index (χ4n) is 1.56. The first-order valence-electron chi connectivity index (χ1n) is 5.00.